The van der Waals surface area contributed by atoms with Crippen molar-refractivity contribution >= 4 is 5.91 Å². The fourth-order valence-electron chi connectivity index (χ4n) is 3.21. The van der Waals surface area contributed by atoms with Gasteiger partial charge in [-0.3, -0.25) is 4.79 Å². The molecule has 1 aliphatic carbocycles. The van der Waals surface area contributed by atoms with Crippen molar-refractivity contribution in [3.05, 3.63) is 11.6 Å². The van der Waals surface area contributed by atoms with Crippen LogP contribution in [-0.4, -0.2) is 30.4 Å². The van der Waals surface area contributed by atoms with Gasteiger partial charge in [-0.05, 0) is 44.6 Å². The Bertz CT molecular complexity index is 324. The first kappa shape index (κ1) is 12.6. The quantitative estimate of drug-likeness (QED) is 0.759. The summed E-state index contributed by atoms with van der Waals surface area (Å²) in [5.41, 5.74) is 6.90. The van der Waals surface area contributed by atoms with Crippen LogP contribution >= 0.6 is 0 Å². The molecule has 3 heteroatoms. The second-order valence-electron chi connectivity index (χ2n) is 5.76. The molecule has 2 N–H and O–H groups in total. The van der Waals surface area contributed by atoms with E-state index in [0.717, 1.165) is 32.0 Å². The van der Waals surface area contributed by atoms with Gasteiger partial charge in [0.2, 0.25) is 5.91 Å². The lowest BCUT2D eigenvalue weighted by Gasteiger charge is -2.32. The van der Waals surface area contributed by atoms with Crippen LogP contribution in [0.2, 0.25) is 0 Å². The number of primary amides is 1. The van der Waals surface area contributed by atoms with Gasteiger partial charge in [0.05, 0.1) is 5.92 Å². The smallest absolute Gasteiger partial charge is 0.221 e. The van der Waals surface area contributed by atoms with Gasteiger partial charge in [0, 0.05) is 13.1 Å². The molecule has 0 bridgehead atoms. The summed E-state index contributed by atoms with van der Waals surface area (Å²) in [6, 6.07) is 0. The second-order valence-corrected chi connectivity index (χ2v) is 5.76. The Morgan fingerprint density at radius 3 is 2.88 bits per heavy atom. The lowest BCUT2D eigenvalue weighted by molar-refractivity contribution is -0.121. The molecule has 0 saturated carbocycles. The zero-order valence-electron chi connectivity index (χ0n) is 11.0. The maximum absolute atomic E-state index is 11.2. The van der Waals surface area contributed by atoms with Gasteiger partial charge in [-0.25, -0.2) is 0 Å². The third kappa shape index (κ3) is 2.89. The Labute approximate surface area is 104 Å². The minimum absolute atomic E-state index is 0.0817. The highest BCUT2D eigenvalue weighted by Gasteiger charge is 2.30. The number of nitrogens with zero attached hydrogens (tertiary/aromatic N) is 1. The number of amides is 1. The monoisotopic (exact) mass is 236 g/mol. The van der Waals surface area contributed by atoms with Crippen LogP contribution in [0.1, 0.15) is 33.1 Å². The number of carbonyl (C=O) groups excluding carboxylic acids is 1. The molecule has 2 rings (SSSR count). The Morgan fingerprint density at radius 1 is 1.53 bits per heavy atom. The maximum atomic E-state index is 11.2. The second kappa shape index (κ2) is 5.21. The van der Waals surface area contributed by atoms with Crippen LogP contribution in [-0.2, 0) is 4.79 Å². The van der Waals surface area contributed by atoms with Gasteiger partial charge in [0.15, 0.2) is 0 Å². The van der Waals surface area contributed by atoms with E-state index in [0.29, 0.717) is 5.92 Å². The Morgan fingerprint density at radius 2 is 2.29 bits per heavy atom. The first-order chi connectivity index (χ1) is 8.08. The average molecular weight is 236 g/mol. The molecule has 1 saturated heterocycles. The third-order valence-electron chi connectivity index (χ3n) is 4.49. The van der Waals surface area contributed by atoms with Gasteiger partial charge < -0.3 is 10.6 Å². The van der Waals surface area contributed by atoms with Gasteiger partial charge in [0.25, 0.3) is 0 Å². The predicted octanol–water partition coefficient (Wildman–Crippen LogP) is 1.79. The van der Waals surface area contributed by atoms with Crippen molar-refractivity contribution in [1.29, 1.82) is 0 Å². The molecule has 0 aromatic rings. The van der Waals surface area contributed by atoms with Crippen molar-refractivity contribution in [1.82, 2.24) is 4.90 Å². The number of nitrogens with two attached hydrogens (primary N) is 1. The van der Waals surface area contributed by atoms with Gasteiger partial charge in [-0.1, -0.05) is 18.6 Å². The molecule has 1 heterocycles. The molecule has 1 fully saturated rings. The fourth-order valence-corrected chi connectivity index (χ4v) is 3.21. The number of likely N-dealkylation sites (tertiary alicyclic amines) is 1. The highest BCUT2D eigenvalue weighted by Crippen LogP contribution is 2.31. The van der Waals surface area contributed by atoms with E-state index in [4.69, 9.17) is 5.73 Å². The van der Waals surface area contributed by atoms with Crippen molar-refractivity contribution in [2.75, 3.05) is 19.6 Å². The van der Waals surface area contributed by atoms with Crippen LogP contribution in [0.25, 0.3) is 0 Å². The highest BCUT2D eigenvalue weighted by molar-refractivity contribution is 5.77. The van der Waals surface area contributed by atoms with E-state index < -0.39 is 0 Å². The topological polar surface area (TPSA) is 46.3 Å². The maximum Gasteiger partial charge on any atom is 0.221 e. The molecule has 96 valence electrons. The van der Waals surface area contributed by atoms with E-state index >= 15 is 0 Å². The van der Waals surface area contributed by atoms with Gasteiger partial charge in [-0.15, -0.1) is 0 Å². The summed E-state index contributed by atoms with van der Waals surface area (Å²) in [5.74, 6) is 1.40. The molecule has 1 amide bonds. The molecular weight excluding hydrogens is 212 g/mol. The summed E-state index contributed by atoms with van der Waals surface area (Å²) in [7, 11) is 0. The van der Waals surface area contributed by atoms with Crippen LogP contribution < -0.4 is 5.73 Å². The number of rotatable bonds is 3. The van der Waals surface area contributed by atoms with Crippen LogP contribution in [0, 0.1) is 17.8 Å². The minimum Gasteiger partial charge on any atom is -0.369 e. The Kier molecular flexibility index (Phi) is 3.87. The van der Waals surface area contributed by atoms with E-state index in [2.05, 4.69) is 24.8 Å². The molecular formula is C14H24N2O. The van der Waals surface area contributed by atoms with Crippen LogP contribution in [0.15, 0.2) is 11.6 Å². The van der Waals surface area contributed by atoms with E-state index in [9.17, 15) is 4.79 Å². The zero-order chi connectivity index (χ0) is 12.4. The molecule has 17 heavy (non-hydrogen) atoms. The van der Waals surface area contributed by atoms with Gasteiger partial charge in [-0.2, -0.15) is 0 Å². The largest absolute Gasteiger partial charge is 0.369 e. The lowest BCUT2D eigenvalue weighted by atomic mass is 9.80. The van der Waals surface area contributed by atoms with Crippen LogP contribution in [0.3, 0.4) is 0 Å². The van der Waals surface area contributed by atoms with Crippen molar-refractivity contribution in [3.63, 3.8) is 0 Å². The molecule has 0 aromatic heterocycles. The summed E-state index contributed by atoms with van der Waals surface area (Å²) in [5, 5.41) is 0. The van der Waals surface area contributed by atoms with Crippen molar-refractivity contribution < 1.29 is 4.79 Å². The summed E-state index contributed by atoms with van der Waals surface area (Å²) < 4.78 is 0. The van der Waals surface area contributed by atoms with Gasteiger partial charge in [0.1, 0.15) is 0 Å². The summed E-state index contributed by atoms with van der Waals surface area (Å²) >= 11 is 0. The van der Waals surface area contributed by atoms with E-state index in [-0.39, 0.29) is 11.8 Å². The number of hydrogen-bond donors (Lipinski definition) is 1. The Balaban J connectivity index is 1.91. The molecule has 0 radical (unpaired) electrons. The van der Waals surface area contributed by atoms with Crippen LogP contribution in [0.4, 0.5) is 0 Å². The van der Waals surface area contributed by atoms with E-state index in [1.165, 1.54) is 18.4 Å². The fraction of sp³-hybridized carbons (Fsp3) is 0.786. The Hall–Kier alpha value is -0.830. The normalized spacial score (nSPS) is 34.7. The van der Waals surface area contributed by atoms with Crippen molar-refractivity contribution in [3.8, 4) is 0 Å². The molecule has 3 atom stereocenters. The molecule has 1 aliphatic heterocycles. The number of carbonyl (C=O) groups is 1. The van der Waals surface area contributed by atoms with E-state index in [1.54, 1.807) is 0 Å². The lowest BCUT2D eigenvalue weighted by Crippen LogP contribution is -2.34. The number of hydrogen-bond acceptors (Lipinski definition) is 2. The average Bonchev–Trinajstić information content (AvgIpc) is 2.72. The molecule has 3 unspecified atom stereocenters. The number of allylic oxidation sites excluding steroid dienone is 1. The third-order valence-corrected chi connectivity index (χ3v) is 4.49. The molecule has 3 nitrogen and oxygen atoms in total. The van der Waals surface area contributed by atoms with E-state index in [1.807, 2.05) is 0 Å². The first-order valence-electron chi connectivity index (χ1n) is 6.76. The van der Waals surface area contributed by atoms with Gasteiger partial charge >= 0.3 is 0 Å². The minimum atomic E-state index is -0.128. The van der Waals surface area contributed by atoms with Crippen molar-refractivity contribution in [2.45, 2.75) is 33.1 Å². The van der Waals surface area contributed by atoms with Crippen molar-refractivity contribution in [2.24, 2.45) is 23.5 Å². The molecule has 2 aliphatic rings. The molecule has 0 aromatic carbocycles. The SMILES string of the molecule is CC1=CCCC(C)C1CN1CCC(C(N)=O)C1. The standard InChI is InChI=1S/C14H24N2O/c1-10-4-3-5-11(2)13(10)9-16-7-6-12(8-16)14(15)17/h4,11-13H,3,5-9H2,1-2H3,(H2,15,17). The first-order valence-corrected chi connectivity index (χ1v) is 6.76. The summed E-state index contributed by atoms with van der Waals surface area (Å²) in [6.45, 7) is 7.61. The zero-order valence-corrected chi connectivity index (χ0v) is 11.0. The molecule has 0 spiro atoms. The summed E-state index contributed by atoms with van der Waals surface area (Å²) in [6.07, 6.45) is 5.86. The highest BCUT2D eigenvalue weighted by atomic mass is 16.1. The predicted molar refractivity (Wildman–Crippen MR) is 69.4 cm³/mol. The summed E-state index contributed by atoms with van der Waals surface area (Å²) in [4.78, 5) is 13.6. The van der Waals surface area contributed by atoms with Crippen LogP contribution in [0.5, 0.6) is 0 Å².